The van der Waals surface area contributed by atoms with Gasteiger partial charge in [-0.15, -0.1) is 0 Å². The monoisotopic (exact) mass is 317 g/mol. The van der Waals surface area contributed by atoms with Crippen LogP contribution in [0.4, 0.5) is 0 Å². The topological polar surface area (TPSA) is 75.6 Å². The van der Waals surface area contributed by atoms with Crippen molar-refractivity contribution >= 4 is 25.1 Å². The van der Waals surface area contributed by atoms with Crippen molar-refractivity contribution in [3.05, 3.63) is 29.8 Å². The lowest BCUT2D eigenvalue weighted by atomic mass is 10.0. The van der Waals surface area contributed by atoms with E-state index in [2.05, 4.69) is 16.5 Å². The molecule has 5 nitrogen and oxygen atoms in total. The van der Waals surface area contributed by atoms with Gasteiger partial charge in [0.2, 0.25) is 8.77 Å². The van der Waals surface area contributed by atoms with Crippen molar-refractivity contribution in [2.75, 3.05) is 13.7 Å². The number of nitrogens with one attached hydrogen (secondary N) is 1. The molecule has 0 fully saturated rings. The van der Waals surface area contributed by atoms with Crippen LogP contribution in [0.5, 0.6) is 5.75 Å². The minimum atomic E-state index is -3.77. The third-order valence-corrected chi connectivity index (χ3v) is 4.23. The van der Waals surface area contributed by atoms with E-state index >= 15 is 0 Å². The second kappa shape index (κ2) is 7.68. The summed E-state index contributed by atoms with van der Waals surface area (Å²) in [6, 6.07) is 7.69. The van der Waals surface area contributed by atoms with E-state index in [9.17, 15) is 9.00 Å². The summed E-state index contributed by atoms with van der Waals surface area (Å²) in [7, 11) is -2.16. The third kappa shape index (κ3) is 5.54. The van der Waals surface area contributed by atoms with Crippen molar-refractivity contribution in [2.45, 2.75) is 25.8 Å². The number of hydrogen-bond acceptors (Lipinski definition) is 5. The van der Waals surface area contributed by atoms with E-state index < -0.39 is 13.9 Å². The molecule has 112 valence electrons. The molecule has 1 rings (SSSR count). The van der Waals surface area contributed by atoms with E-state index in [0.717, 1.165) is 24.2 Å². The van der Waals surface area contributed by atoms with E-state index in [-0.39, 0.29) is 12.6 Å². The Morgan fingerprint density at radius 3 is 2.50 bits per heavy atom. The van der Waals surface area contributed by atoms with Gasteiger partial charge in [0, 0.05) is 17.2 Å². The smallest absolute Gasteiger partial charge is 0.259 e. The summed E-state index contributed by atoms with van der Waals surface area (Å²) in [6.07, 6.45) is 1.52. The first-order valence-corrected chi connectivity index (χ1v) is 8.67. The van der Waals surface area contributed by atoms with Crippen molar-refractivity contribution in [3.8, 4) is 5.75 Å². The van der Waals surface area contributed by atoms with Gasteiger partial charge in [-0.3, -0.25) is 9.35 Å². The molecule has 1 aromatic rings. The summed E-state index contributed by atoms with van der Waals surface area (Å²) < 4.78 is 25.0. The molecule has 20 heavy (non-hydrogen) atoms. The average Bonchev–Trinajstić information content (AvgIpc) is 2.42. The van der Waals surface area contributed by atoms with E-state index in [0.29, 0.717) is 0 Å². The van der Waals surface area contributed by atoms with Crippen molar-refractivity contribution in [3.63, 3.8) is 0 Å². The molecule has 1 unspecified atom stereocenters. The molecule has 0 saturated heterocycles. The van der Waals surface area contributed by atoms with E-state index in [4.69, 9.17) is 9.29 Å². The summed E-state index contributed by atoms with van der Waals surface area (Å²) in [5.41, 5.74) is 1.10. The molecule has 1 aromatic carbocycles. The molecule has 0 amide bonds. The van der Waals surface area contributed by atoms with Crippen molar-refractivity contribution in [2.24, 2.45) is 0 Å². The third-order valence-electron chi connectivity index (χ3n) is 2.96. The molecule has 2 N–H and O–H groups in total. The lowest BCUT2D eigenvalue weighted by Crippen LogP contribution is -2.36. The largest absolute Gasteiger partial charge is 0.497 e. The number of methoxy groups -OCH3 is 1. The van der Waals surface area contributed by atoms with Crippen LogP contribution in [-0.2, 0) is 31.2 Å². The average molecular weight is 317 g/mol. The summed E-state index contributed by atoms with van der Waals surface area (Å²) in [5.74, 6) is 0.788. The SMILES string of the molecule is CC[C@@H](Cc1ccc(OC)cc1)NCC(=O)S(=O)(O)=S. The van der Waals surface area contributed by atoms with E-state index in [1.165, 1.54) is 0 Å². The van der Waals surface area contributed by atoms with Gasteiger partial charge in [0.25, 0.3) is 5.12 Å². The Morgan fingerprint density at radius 2 is 2.05 bits per heavy atom. The fraction of sp³-hybridized carbons (Fsp3) is 0.462. The normalized spacial score (nSPS) is 15.3. The molecule has 7 heteroatoms. The molecule has 2 atom stereocenters. The highest BCUT2D eigenvalue weighted by Gasteiger charge is 2.16. The van der Waals surface area contributed by atoms with Crippen LogP contribution in [0.15, 0.2) is 24.3 Å². The van der Waals surface area contributed by atoms with Crippen LogP contribution in [0.25, 0.3) is 0 Å². The zero-order chi connectivity index (χ0) is 15.2. The van der Waals surface area contributed by atoms with Crippen molar-refractivity contribution in [1.82, 2.24) is 5.32 Å². The van der Waals surface area contributed by atoms with Gasteiger partial charge in [0.15, 0.2) is 0 Å². The molecule has 0 aliphatic rings. The lowest BCUT2D eigenvalue weighted by Gasteiger charge is -2.16. The maximum absolute atomic E-state index is 11.3. The molecule has 0 heterocycles. The van der Waals surface area contributed by atoms with Gasteiger partial charge < -0.3 is 10.1 Å². The molecule has 0 bridgehead atoms. The lowest BCUT2D eigenvalue weighted by molar-refractivity contribution is -0.111. The Morgan fingerprint density at radius 1 is 1.45 bits per heavy atom. The molecule has 0 saturated carbocycles. The Labute approximate surface area is 124 Å². The molecular weight excluding hydrogens is 298 g/mol. The van der Waals surface area contributed by atoms with Crippen LogP contribution < -0.4 is 10.1 Å². The second-order valence-corrected chi connectivity index (χ2v) is 7.15. The van der Waals surface area contributed by atoms with Gasteiger partial charge >= 0.3 is 0 Å². The summed E-state index contributed by atoms with van der Waals surface area (Å²) >= 11 is 4.23. The zero-order valence-electron chi connectivity index (χ0n) is 11.5. The number of hydrogen-bond donors (Lipinski definition) is 2. The molecule has 0 spiro atoms. The van der Waals surface area contributed by atoms with Crippen LogP contribution in [-0.4, -0.2) is 33.6 Å². The first kappa shape index (κ1) is 17.0. The van der Waals surface area contributed by atoms with Gasteiger partial charge in [-0.2, -0.15) is 0 Å². The van der Waals surface area contributed by atoms with E-state index in [1.54, 1.807) is 7.11 Å². The highest BCUT2D eigenvalue weighted by molar-refractivity contribution is 8.38. The minimum Gasteiger partial charge on any atom is -0.497 e. The van der Waals surface area contributed by atoms with Crippen LogP contribution in [0.2, 0.25) is 0 Å². The van der Waals surface area contributed by atoms with Crippen LogP contribution in [0, 0.1) is 0 Å². The standard InChI is InChI=1S/C13H19NO4S2/c1-3-11(14-9-13(15)20(16,17)19)8-10-4-6-12(18-2)7-5-10/h4-7,11,14H,3,8-9H2,1-2H3,(H,16,17,19)/t11-/m0/s1. The van der Waals surface area contributed by atoms with Crippen molar-refractivity contribution in [1.29, 1.82) is 0 Å². The first-order chi connectivity index (χ1) is 9.36. The first-order valence-electron chi connectivity index (χ1n) is 6.23. The van der Waals surface area contributed by atoms with Gasteiger partial charge in [0.05, 0.1) is 13.7 Å². The Bertz CT molecular complexity index is 540. The van der Waals surface area contributed by atoms with Crippen molar-refractivity contribution < 1.29 is 18.3 Å². The number of carbonyl (C=O) groups is 1. The molecular formula is C13H19NO4S2. The quantitative estimate of drug-likeness (QED) is 0.791. The Kier molecular flexibility index (Phi) is 6.54. The van der Waals surface area contributed by atoms with E-state index in [1.807, 2.05) is 31.2 Å². The second-order valence-electron chi connectivity index (χ2n) is 4.39. The maximum atomic E-state index is 11.3. The summed E-state index contributed by atoms with van der Waals surface area (Å²) in [5, 5.41) is 2.12. The summed E-state index contributed by atoms with van der Waals surface area (Å²) in [4.78, 5) is 11.3. The van der Waals surface area contributed by atoms with Crippen LogP contribution >= 0.6 is 0 Å². The number of rotatable bonds is 7. The highest BCUT2D eigenvalue weighted by Crippen LogP contribution is 2.13. The molecule has 0 aromatic heterocycles. The fourth-order valence-electron chi connectivity index (χ4n) is 1.73. The van der Waals surface area contributed by atoms with Crippen LogP contribution in [0.1, 0.15) is 18.9 Å². The zero-order valence-corrected chi connectivity index (χ0v) is 13.1. The van der Waals surface area contributed by atoms with Crippen LogP contribution in [0.3, 0.4) is 0 Å². The van der Waals surface area contributed by atoms with Gasteiger partial charge in [-0.05, 0) is 30.5 Å². The highest BCUT2D eigenvalue weighted by atomic mass is 32.8. The van der Waals surface area contributed by atoms with Gasteiger partial charge in [-0.25, -0.2) is 4.21 Å². The summed E-state index contributed by atoms with van der Waals surface area (Å²) in [6.45, 7) is 1.79. The molecule has 0 radical (unpaired) electrons. The maximum Gasteiger partial charge on any atom is 0.259 e. The Balaban J connectivity index is 2.56. The number of carbonyl (C=O) groups excluding carboxylic acids is 1. The minimum absolute atomic E-state index is 0.0455. The molecule has 0 aliphatic heterocycles. The fourth-order valence-corrected chi connectivity index (χ4v) is 2.17. The Hall–Kier alpha value is -1.02. The van der Waals surface area contributed by atoms with Gasteiger partial charge in [-0.1, -0.05) is 19.1 Å². The van der Waals surface area contributed by atoms with Gasteiger partial charge in [0.1, 0.15) is 5.75 Å². The predicted molar refractivity (Wildman–Crippen MR) is 81.9 cm³/mol. The predicted octanol–water partition coefficient (Wildman–Crippen LogP) is 1.35. The number of ether oxygens (including phenoxy) is 1. The number of benzene rings is 1. The molecule has 0 aliphatic carbocycles.